The van der Waals surface area contributed by atoms with E-state index >= 15 is 0 Å². The zero-order valence-corrected chi connectivity index (χ0v) is 16.4. The third-order valence-corrected chi connectivity index (χ3v) is 5.43. The third-order valence-electron chi connectivity index (χ3n) is 5.15. The summed E-state index contributed by atoms with van der Waals surface area (Å²) in [5.41, 5.74) is -0.660. The average Bonchev–Trinajstić information content (AvgIpc) is 3.00. The van der Waals surface area contributed by atoms with Gasteiger partial charge >= 0.3 is 0 Å². The number of benzene rings is 1. The molecule has 1 unspecified atom stereocenters. The number of likely N-dealkylation sites (N-methyl/N-ethyl adjacent to an activating group) is 1. The van der Waals surface area contributed by atoms with Crippen molar-refractivity contribution >= 4 is 28.4 Å². The predicted molar refractivity (Wildman–Crippen MR) is 102 cm³/mol. The van der Waals surface area contributed by atoms with Crippen LogP contribution in [-0.2, 0) is 6.54 Å². The van der Waals surface area contributed by atoms with E-state index in [-0.39, 0.29) is 34.2 Å². The van der Waals surface area contributed by atoms with Gasteiger partial charge in [-0.1, -0.05) is 17.7 Å². The molecule has 0 aliphatic carbocycles. The number of carbonyl (C=O) groups is 1. The molecule has 3 aromatic rings. The van der Waals surface area contributed by atoms with E-state index in [1.807, 2.05) is 0 Å². The first-order valence-corrected chi connectivity index (χ1v) is 9.39. The van der Waals surface area contributed by atoms with Crippen LogP contribution < -0.4 is 5.56 Å². The fraction of sp³-hybridized carbons (Fsp3) is 0.316. The minimum Gasteiger partial charge on any atom is -0.505 e. The van der Waals surface area contributed by atoms with Crippen LogP contribution in [0.15, 0.2) is 23.0 Å². The summed E-state index contributed by atoms with van der Waals surface area (Å²) >= 11 is 5.76. The molecule has 0 fully saturated rings. The lowest BCUT2D eigenvalue weighted by Gasteiger charge is -2.32. The highest BCUT2D eigenvalue weighted by Crippen LogP contribution is 2.37. The van der Waals surface area contributed by atoms with Crippen LogP contribution in [0.4, 0.5) is 8.78 Å². The number of fused-ring (bicyclic) bond motifs is 3. The molecule has 1 amide bonds. The van der Waals surface area contributed by atoms with Gasteiger partial charge < -0.3 is 14.6 Å². The van der Waals surface area contributed by atoms with Crippen LogP contribution in [0.2, 0.25) is 5.02 Å². The molecule has 0 radical (unpaired) electrons. The van der Waals surface area contributed by atoms with Gasteiger partial charge in [0, 0.05) is 19.1 Å². The summed E-state index contributed by atoms with van der Waals surface area (Å²) in [4.78, 5) is 27.2. The van der Waals surface area contributed by atoms with E-state index in [4.69, 9.17) is 11.6 Å². The molecule has 1 atom stereocenters. The Kier molecular flexibility index (Phi) is 4.57. The number of hydrogen-bond acceptors (Lipinski definition) is 4. The molecule has 1 aliphatic heterocycles. The molecule has 152 valence electrons. The van der Waals surface area contributed by atoms with Crippen molar-refractivity contribution in [1.82, 2.24) is 19.2 Å². The van der Waals surface area contributed by atoms with E-state index in [2.05, 4.69) is 5.10 Å². The smallest absolute Gasteiger partial charge is 0.280 e. The van der Waals surface area contributed by atoms with Gasteiger partial charge in [-0.2, -0.15) is 4.39 Å². The first-order chi connectivity index (χ1) is 13.7. The van der Waals surface area contributed by atoms with Crippen molar-refractivity contribution in [2.75, 3.05) is 13.1 Å². The Morgan fingerprint density at radius 3 is 2.69 bits per heavy atom. The number of hydrogen-bond donors (Lipinski definition) is 1. The van der Waals surface area contributed by atoms with E-state index in [0.717, 1.165) is 10.7 Å². The molecular weight excluding hydrogens is 406 g/mol. The Labute approximate surface area is 168 Å². The molecule has 2 aromatic heterocycles. The van der Waals surface area contributed by atoms with Crippen molar-refractivity contribution in [3.05, 3.63) is 56.6 Å². The lowest BCUT2D eigenvalue weighted by molar-refractivity contribution is 0.0686. The summed E-state index contributed by atoms with van der Waals surface area (Å²) in [6.45, 7) is 4.12. The molecule has 4 rings (SSSR count). The molecule has 0 saturated heterocycles. The van der Waals surface area contributed by atoms with Gasteiger partial charge in [-0.25, -0.2) is 9.07 Å². The number of aromatic hydroxyl groups is 1. The highest BCUT2D eigenvalue weighted by Gasteiger charge is 2.36. The van der Waals surface area contributed by atoms with Crippen molar-refractivity contribution in [3.63, 3.8) is 0 Å². The van der Waals surface area contributed by atoms with Crippen LogP contribution in [0.5, 0.6) is 5.75 Å². The number of amides is 1. The van der Waals surface area contributed by atoms with E-state index in [1.165, 1.54) is 21.6 Å². The Morgan fingerprint density at radius 2 is 2.03 bits per heavy atom. The summed E-state index contributed by atoms with van der Waals surface area (Å²) in [7, 11) is 0. The molecule has 1 aliphatic rings. The summed E-state index contributed by atoms with van der Waals surface area (Å²) in [5, 5.41) is 13.9. The van der Waals surface area contributed by atoms with Crippen LogP contribution in [0.3, 0.4) is 0 Å². The minimum absolute atomic E-state index is 0.124. The van der Waals surface area contributed by atoms with E-state index < -0.39 is 29.0 Å². The summed E-state index contributed by atoms with van der Waals surface area (Å²) in [6.07, 6.45) is 0. The molecule has 29 heavy (non-hydrogen) atoms. The van der Waals surface area contributed by atoms with Crippen molar-refractivity contribution in [2.24, 2.45) is 0 Å². The van der Waals surface area contributed by atoms with Gasteiger partial charge in [-0.05, 0) is 31.5 Å². The number of nitrogens with zero attached hydrogens (tertiary/aromatic N) is 4. The van der Waals surface area contributed by atoms with Gasteiger partial charge in [0.25, 0.3) is 17.4 Å². The Morgan fingerprint density at radius 1 is 1.31 bits per heavy atom. The zero-order valence-electron chi connectivity index (χ0n) is 15.6. The van der Waals surface area contributed by atoms with Crippen LogP contribution in [0.25, 0.3) is 10.9 Å². The maximum atomic E-state index is 14.9. The molecule has 10 heteroatoms. The standard InChI is InChI=1S/C19H17ClF2N4O3/c1-3-24-7-9(2)26-14-13(16(27)15(26)19(24)29)18(28)25(23-17(14)22)8-10-4-5-12(21)11(20)6-10/h4-6,9,27H,3,7-8H2,1-2H3. The predicted octanol–water partition coefficient (Wildman–Crippen LogP) is 2.92. The summed E-state index contributed by atoms with van der Waals surface area (Å²) in [6, 6.07) is 3.48. The van der Waals surface area contributed by atoms with Crippen molar-refractivity contribution in [1.29, 1.82) is 0 Å². The molecule has 0 saturated carbocycles. The molecule has 0 bridgehead atoms. The third kappa shape index (κ3) is 2.88. The minimum atomic E-state index is -0.987. The quantitative estimate of drug-likeness (QED) is 0.703. The van der Waals surface area contributed by atoms with Gasteiger partial charge in [0.1, 0.15) is 16.7 Å². The second-order valence-corrected chi connectivity index (χ2v) is 7.39. The fourth-order valence-electron chi connectivity index (χ4n) is 3.78. The van der Waals surface area contributed by atoms with E-state index in [9.17, 15) is 23.5 Å². The highest BCUT2D eigenvalue weighted by atomic mass is 35.5. The SMILES string of the molecule is CCN1CC(C)n2c(c(O)c3c(=O)n(Cc4ccc(F)c(Cl)c4)nc(F)c32)C1=O. The Balaban J connectivity index is 1.93. The maximum Gasteiger partial charge on any atom is 0.280 e. The topological polar surface area (TPSA) is 80.4 Å². The first kappa shape index (κ1) is 19.4. The monoisotopic (exact) mass is 422 g/mol. The Bertz CT molecular complexity index is 1220. The number of aromatic nitrogens is 3. The van der Waals surface area contributed by atoms with Gasteiger partial charge in [-0.3, -0.25) is 9.59 Å². The largest absolute Gasteiger partial charge is 0.505 e. The molecule has 7 nitrogen and oxygen atoms in total. The van der Waals surface area contributed by atoms with Crippen LogP contribution >= 0.6 is 11.6 Å². The number of halogens is 3. The van der Waals surface area contributed by atoms with E-state index in [1.54, 1.807) is 13.8 Å². The van der Waals surface area contributed by atoms with Gasteiger partial charge in [0.2, 0.25) is 0 Å². The number of rotatable bonds is 3. The molecule has 1 aromatic carbocycles. The van der Waals surface area contributed by atoms with Crippen LogP contribution in [-0.4, -0.2) is 43.4 Å². The van der Waals surface area contributed by atoms with Gasteiger partial charge in [-0.15, -0.1) is 5.10 Å². The summed E-state index contributed by atoms with van der Waals surface area (Å²) < 4.78 is 30.5. The second-order valence-electron chi connectivity index (χ2n) is 6.99. The second kappa shape index (κ2) is 6.84. The van der Waals surface area contributed by atoms with Crippen molar-refractivity contribution in [3.8, 4) is 5.75 Å². The molecule has 0 spiro atoms. The molecular formula is C19H17ClF2N4O3. The van der Waals surface area contributed by atoms with Crippen LogP contribution in [0.1, 0.15) is 35.9 Å². The van der Waals surface area contributed by atoms with Gasteiger partial charge in [0.05, 0.1) is 11.6 Å². The van der Waals surface area contributed by atoms with Crippen LogP contribution in [0, 0.1) is 11.8 Å². The lowest BCUT2D eigenvalue weighted by Crippen LogP contribution is -2.41. The Hall–Kier alpha value is -2.94. The van der Waals surface area contributed by atoms with E-state index in [0.29, 0.717) is 18.7 Å². The first-order valence-electron chi connectivity index (χ1n) is 9.01. The number of carbonyl (C=O) groups excluding carboxylic acids is 1. The maximum absolute atomic E-state index is 14.9. The molecule has 3 heterocycles. The normalized spacial score (nSPS) is 16.5. The van der Waals surface area contributed by atoms with Crippen molar-refractivity contribution < 1.29 is 18.7 Å². The summed E-state index contributed by atoms with van der Waals surface area (Å²) in [5.74, 6) is -2.65. The fourth-order valence-corrected chi connectivity index (χ4v) is 3.98. The molecule has 1 N–H and O–H groups in total. The van der Waals surface area contributed by atoms with Gasteiger partial charge in [0.15, 0.2) is 11.4 Å². The average molecular weight is 423 g/mol. The highest BCUT2D eigenvalue weighted by molar-refractivity contribution is 6.30. The zero-order chi connectivity index (χ0) is 21.0. The lowest BCUT2D eigenvalue weighted by atomic mass is 10.2. The van der Waals surface area contributed by atoms with Crippen molar-refractivity contribution in [2.45, 2.75) is 26.4 Å².